The van der Waals surface area contributed by atoms with E-state index in [1.807, 2.05) is 18.4 Å². The molecule has 3 aromatic rings. The lowest BCUT2D eigenvalue weighted by atomic mass is 10.2. The smallest absolute Gasteiger partial charge is 0.269 e. The predicted molar refractivity (Wildman–Crippen MR) is 140 cm³/mol. The van der Waals surface area contributed by atoms with Crippen LogP contribution in [0.1, 0.15) is 21.6 Å². The van der Waals surface area contributed by atoms with E-state index in [0.29, 0.717) is 12.1 Å². The standard InChI is InChI=1S/C27H28FN3O5S/c1-20-13-16-37-25(20)18-30(17-22-3-8-23(28)9-4-22)27(33)19-29(14-15-36-2)26(32)12-7-21-5-10-24(11-6-21)31(34)35/h3-13,16H,14-15,17-19H2,1-2H3. The van der Waals surface area contributed by atoms with E-state index >= 15 is 0 Å². The highest BCUT2D eigenvalue weighted by Crippen LogP contribution is 2.20. The van der Waals surface area contributed by atoms with Crippen LogP contribution in [0, 0.1) is 22.9 Å². The lowest BCUT2D eigenvalue weighted by molar-refractivity contribution is -0.384. The van der Waals surface area contributed by atoms with Crippen LogP contribution in [0.25, 0.3) is 6.08 Å². The number of rotatable bonds is 12. The number of hydrogen-bond acceptors (Lipinski definition) is 6. The van der Waals surface area contributed by atoms with Gasteiger partial charge >= 0.3 is 0 Å². The molecule has 1 heterocycles. The maximum Gasteiger partial charge on any atom is 0.269 e. The lowest BCUT2D eigenvalue weighted by Gasteiger charge is -2.27. The Morgan fingerprint density at radius 1 is 1.05 bits per heavy atom. The number of methoxy groups -OCH3 is 1. The van der Waals surface area contributed by atoms with Crippen LogP contribution in [0.5, 0.6) is 0 Å². The molecule has 1 aromatic heterocycles. The number of nitro groups is 1. The first-order chi connectivity index (χ1) is 17.8. The highest BCUT2D eigenvalue weighted by atomic mass is 32.1. The summed E-state index contributed by atoms with van der Waals surface area (Å²) in [6.45, 7) is 2.88. The van der Waals surface area contributed by atoms with Crippen molar-refractivity contribution in [3.8, 4) is 0 Å². The van der Waals surface area contributed by atoms with Gasteiger partial charge in [-0.1, -0.05) is 12.1 Å². The number of amides is 2. The Kier molecular flexibility index (Phi) is 10.0. The molecule has 0 unspecified atom stereocenters. The van der Waals surface area contributed by atoms with Gasteiger partial charge in [0.1, 0.15) is 12.4 Å². The summed E-state index contributed by atoms with van der Waals surface area (Å²) in [4.78, 5) is 40.8. The summed E-state index contributed by atoms with van der Waals surface area (Å²) in [5, 5.41) is 12.8. The number of benzene rings is 2. The Bertz CT molecular complexity index is 1240. The molecule has 0 aliphatic heterocycles. The van der Waals surface area contributed by atoms with Gasteiger partial charge in [0.15, 0.2) is 0 Å². The molecule has 0 aliphatic carbocycles. The van der Waals surface area contributed by atoms with Gasteiger partial charge in [0.05, 0.1) is 18.1 Å². The van der Waals surface area contributed by atoms with Gasteiger partial charge in [-0.2, -0.15) is 0 Å². The van der Waals surface area contributed by atoms with Gasteiger partial charge in [-0.25, -0.2) is 4.39 Å². The number of thiophene rings is 1. The van der Waals surface area contributed by atoms with Crippen molar-refractivity contribution in [2.45, 2.75) is 20.0 Å². The Labute approximate surface area is 218 Å². The van der Waals surface area contributed by atoms with E-state index in [0.717, 1.165) is 16.0 Å². The first-order valence-electron chi connectivity index (χ1n) is 11.5. The summed E-state index contributed by atoms with van der Waals surface area (Å²) in [7, 11) is 1.51. The van der Waals surface area contributed by atoms with Crippen molar-refractivity contribution in [1.82, 2.24) is 9.80 Å². The number of non-ortho nitro benzene ring substituents is 1. The average molecular weight is 526 g/mol. The Balaban J connectivity index is 1.76. The number of carbonyl (C=O) groups is 2. The van der Waals surface area contributed by atoms with Crippen LogP contribution < -0.4 is 0 Å². The van der Waals surface area contributed by atoms with Crippen molar-refractivity contribution in [3.63, 3.8) is 0 Å². The maximum atomic E-state index is 13.4. The molecule has 194 valence electrons. The maximum absolute atomic E-state index is 13.4. The van der Waals surface area contributed by atoms with Crippen LogP contribution in [0.2, 0.25) is 0 Å². The number of nitro benzene ring substituents is 1. The van der Waals surface area contributed by atoms with E-state index in [1.54, 1.807) is 46.6 Å². The second-order valence-electron chi connectivity index (χ2n) is 8.34. The van der Waals surface area contributed by atoms with Crippen molar-refractivity contribution < 1.29 is 23.6 Å². The van der Waals surface area contributed by atoms with Crippen molar-refractivity contribution >= 4 is 34.9 Å². The van der Waals surface area contributed by atoms with E-state index in [2.05, 4.69) is 0 Å². The number of nitrogens with zero attached hydrogens (tertiary/aromatic N) is 3. The van der Waals surface area contributed by atoms with Gasteiger partial charge in [-0.3, -0.25) is 19.7 Å². The molecule has 0 fully saturated rings. The third-order valence-corrected chi connectivity index (χ3v) is 6.68. The molecular weight excluding hydrogens is 497 g/mol. The fourth-order valence-corrected chi connectivity index (χ4v) is 4.41. The predicted octanol–water partition coefficient (Wildman–Crippen LogP) is 4.82. The summed E-state index contributed by atoms with van der Waals surface area (Å²) < 4.78 is 18.5. The van der Waals surface area contributed by atoms with Crippen molar-refractivity contribution in [3.05, 3.63) is 104 Å². The minimum atomic E-state index is -0.494. The normalized spacial score (nSPS) is 11.0. The zero-order valence-electron chi connectivity index (χ0n) is 20.6. The van der Waals surface area contributed by atoms with Crippen LogP contribution in [0.15, 0.2) is 66.1 Å². The zero-order chi connectivity index (χ0) is 26.8. The molecule has 0 bridgehead atoms. The van der Waals surface area contributed by atoms with Crippen molar-refractivity contribution in [2.75, 3.05) is 26.8 Å². The molecule has 0 N–H and O–H groups in total. The van der Waals surface area contributed by atoms with Crippen LogP contribution in [0.4, 0.5) is 10.1 Å². The summed E-state index contributed by atoms with van der Waals surface area (Å²) in [6.07, 6.45) is 2.87. The molecular formula is C27H28FN3O5S. The molecule has 0 radical (unpaired) electrons. The van der Waals surface area contributed by atoms with Crippen LogP contribution in [0.3, 0.4) is 0 Å². The minimum Gasteiger partial charge on any atom is -0.383 e. The highest BCUT2D eigenvalue weighted by molar-refractivity contribution is 7.10. The first kappa shape index (κ1) is 27.7. The number of carbonyl (C=O) groups excluding carboxylic acids is 2. The van der Waals surface area contributed by atoms with Gasteiger partial charge in [0, 0.05) is 43.3 Å². The SMILES string of the molecule is COCCN(CC(=O)N(Cc1ccc(F)cc1)Cc1sccc1C)C(=O)C=Cc1ccc([N+](=O)[O-])cc1. The number of aryl methyl sites for hydroxylation is 1. The molecule has 10 heteroatoms. The largest absolute Gasteiger partial charge is 0.383 e. The summed E-state index contributed by atoms with van der Waals surface area (Å²) in [6, 6.07) is 13.8. The molecule has 0 atom stereocenters. The second-order valence-corrected chi connectivity index (χ2v) is 9.34. The van der Waals surface area contributed by atoms with Crippen molar-refractivity contribution in [1.29, 1.82) is 0 Å². The molecule has 0 saturated heterocycles. The molecule has 0 spiro atoms. The molecule has 3 rings (SSSR count). The quantitative estimate of drug-likeness (QED) is 0.192. The second kappa shape index (κ2) is 13.4. The van der Waals surface area contributed by atoms with Gasteiger partial charge < -0.3 is 14.5 Å². The van der Waals surface area contributed by atoms with Gasteiger partial charge in [0.2, 0.25) is 11.8 Å². The number of hydrogen-bond donors (Lipinski definition) is 0. The third kappa shape index (κ3) is 8.33. The van der Waals surface area contributed by atoms with Gasteiger partial charge in [-0.05, 0) is 65.4 Å². The Morgan fingerprint density at radius 3 is 2.35 bits per heavy atom. The summed E-state index contributed by atoms with van der Waals surface area (Å²) in [5.41, 5.74) is 2.41. The van der Waals surface area contributed by atoms with E-state index in [-0.39, 0.29) is 43.7 Å². The van der Waals surface area contributed by atoms with Gasteiger partial charge in [0.25, 0.3) is 5.69 Å². The van der Waals surface area contributed by atoms with Gasteiger partial charge in [-0.15, -0.1) is 11.3 Å². The Morgan fingerprint density at radius 2 is 1.76 bits per heavy atom. The zero-order valence-corrected chi connectivity index (χ0v) is 21.4. The average Bonchev–Trinajstić information content (AvgIpc) is 3.30. The third-order valence-electron chi connectivity index (χ3n) is 5.67. The lowest BCUT2D eigenvalue weighted by Crippen LogP contribution is -2.43. The molecule has 0 aliphatic rings. The molecule has 0 saturated carbocycles. The monoisotopic (exact) mass is 525 g/mol. The summed E-state index contributed by atoms with van der Waals surface area (Å²) >= 11 is 1.55. The number of halogens is 1. The van der Waals surface area contributed by atoms with E-state index in [1.165, 1.54) is 42.4 Å². The number of ether oxygens (including phenoxy) is 1. The minimum absolute atomic E-state index is 0.0435. The van der Waals surface area contributed by atoms with E-state index < -0.39 is 10.8 Å². The van der Waals surface area contributed by atoms with Crippen LogP contribution in [-0.4, -0.2) is 53.3 Å². The van der Waals surface area contributed by atoms with E-state index in [9.17, 15) is 24.1 Å². The molecule has 37 heavy (non-hydrogen) atoms. The topological polar surface area (TPSA) is 93.0 Å². The highest BCUT2D eigenvalue weighted by Gasteiger charge is 2.22. The first-order valence-corrected chi connectivity index (χ1v) is 12.4. The molecule has 8 nitrogen and oxygen atoms in total. The fourth-order valence-electron chi connectivity index (χ4n) is 3.49. The van der Waals surface area contributed by atoms with Crippen LogP contribution in [-0.2, 0) is 27.4 Å². The Hall–Kier alpha value is -3.89. The van der Waals surface area contributed by atoms with E-state index in [4.69, 9.17) is 4.74 Å². The summed E-state index contributed by atoms with van der Waals surface area (Å²) in [5.74, 6) is -1.00. The van der Waals surface area contributed by atoms with Crippen molar-refractivity contribution in [2.24, 2.45) is 0 Å². The molecule has 2 amide bonds. The molecule has 2 aromatic carbocycles. The fraction of sp³-hybridized carbons (Fsp3) is 0.259. The van der Waals surface area contributed by atoms with Crippen LogP contribution >= 0.6 is 11.3 Å².